The number of aliphatic carboxylic acids is 1. The molecule has 1 aromatic carbocycles. The van der Waals surface area contributed by atoms with Crippen molar-refractivity contribution < 1.29 is 14.7 Å². The first kappa shape index (κ1) is 16.2. The summed E-state index contributed by atoms with van der Waals surface area (Å²) < 4.78 is 0. The summed E-state index contributed by atoms with van der Waals surface area (Å²) in [5.41, 5.74) is 0. The lowest BCUT2D eigenvalue weighted by Crippen LogP contribution is -2.48. The number of hydrogen-bond donors (Lipinski definition) is 1. The van der Waals surface area contributed by atoms with Gasteiger partial charge in [-0.05, 0) is 43.5 Å². The molecule has 114 valence electrons. The number of likely N-dealkylation sites (tertiary alicyclic amines) is 1. The molecule has 2 rings (SSSR count). The van der Waals surface area contributed by atoms with Crippen LogP contribution in [-0.2, 0) is 9.59 Å². The van der Waals surface area contributed by atoms with E-state index in [0.717, 1.165) is 17.7 Å². The van der Waals surface area contributed by atoms with Gasteiger partial charge in [0.25, 0.3) is 0 Å². The summed E-state index contributed by atoms with van der Waals surface area (Å²) in [7, 11) is 0. The Kier molecular flexibility index (Phi) is 5.94. The molecule has 1 aliphatic rings. The number of hydrogen-bond acceptors (Lipinski definition) is 3. The van der Waals surface area contributed by atoms with E-state index in [0.29, 0.717) is 30.2 Å². The van der Waals surface area contributed by atoms with Crippen molar-refractivity contribution in [3.63, 3.8) is 0 Å². The molecule has 0 radical (unpaired) electrons. The van der Waals surface area contributed by atoms with Crippen molar-refractivity contribution >= 4 is 35.2 Å². The van der Waals surface area contributed by atoms with E-state index in [1.54, 1.807) is 11.8 Å². The van der Waals surface area contributed by atoms with Crippen LogP contribution < -0.4 is 0 Å². The van der Waals surface area contributed by atoms with E-state index in [-0.39, 0.29) is 5.91 Å². The van der Waals surface area contributed by atoms with Crippen LogP contribution in [0.2, 0.25) is 5.02 Å². The Bertz CT molecular complexity index is 506. The largest absolute Gasteiger partial charge is 0.480 e. The number of carbonyl (C=O) groups excluding carboxylic acids is 1. The number of nitrogens with zero attached hydrogens (tertiary/aromatic N) is 1. The maximum absolute atomic E-state index is 12.2. The van der Waals surface area contributed by atoms with Crippen molar-refractivity contribution in [1.29, 1.82) is 0 Å². The van der Waals surface area contributed by atoms with Gasteiger partial charge < -0.3 is 10.0 Å². The second-order valence-corrected chi connectivity index (χ2v) is 6.59. The van der Waals surface area contributed by atoms with Gasteiger partial charge in [-0.15, -0.1) is 11.8 Å². The standard InChI is InChI=1S/C15H18ClNO3S/c16-11-4-6-12(7-5-11)21-10-8-14(18)17-9-2-1-3-13(17)15(19)20/h4-7,13H,1-3,8-10H2,(H,19,20). The first-order chi connectivity index (χ1) is 10.1. The third kappa shape index (κ3) is 4.64. The minimum absolute atomic E-state index is 0.0661. The van der Waals surface area contributed by atoms with Gasteiger partial charge in [0.1, 0.15) is 6.04 Å². The maximum atomic E-state index is 12.2. The molecule has 1 amide bonds. The molecule has 1 aliphatic heterocycles. The molecule has 0 aromatic heterocycles. The van der Waals surface area contributed by atoms with Crippen LogP contribution in [0, 0.1) is 0 Å². The van der Waals surface area contributed by atoms with Crippen molar-refractivity contribution in [2.75, 3.05) is 12.3 Å². The number of piperidine rings is 1. The van der Waals surface area contributed by atoms with Gasteiger partial charge in [-0.2, -0.15) is 0 Å². The number of carboxylic acids is 1. The average molecular weight is 328 g/mol. The zero-order valence-electron chi connectivity index (χ0n) is 11.6. The number of amides is 1. The predicted molar refractivity (Wildman–Crippen MR) is 83.8 cm³/mol. The van der Waals surface area contributed by atoms with Gasteiger partial charge in [0.05, 0.1) is 0 Å². The van der Waals surface area contributed by atoms with Gasteiger partial charge in [0.15, 0.2) is 0 Å². The van der Waals surface area contributed by atoms with Gasteiger partial charge in [-0.25, -0.2) is 4.79 Å². The highest BCUT2D eigenvalue weighted by Gasteiger charge is 2.31. The molecule has 0 aliphatic carbocycles. The minimum atomic E-state index is -0.895. The highest BCUT2D eigenvalue weighted by atomic mass is 35.5. The summed E-state index contributed by atoms with van der Waals surface area (Å²) in [5, 5.41) is 9.86. The normalized spacial score (nSPS) is 18.5. The molecule has 1 saturated heterocycles. The SMILES string of the molecule is O=C(O)C1CCCCN1C(=O)CCSc1ccc(Cl)cc1. The van der Waals surface area contributed by atoms with Crippen LogP contribution in [-0.4, -0.2) is 40.2 Å². The third-order valence-electron chi connectivity index (χ3n) is 3.51. The summed E-state index contributed by atoms with van der Waals surface area (Å²) >= 11 is 7.40. The number of carbonyl (C=O) groups is 2. The van der Waals surface area contributed by atoms with Crippen LogP contribution in [0.3, 0.4) is 0 Å². The van der Waals surface area contributed by atoms with Crippen LogP contribution in [0.1, 0.15) is 25.7 Å². The zero-order valence-corrected chi connectivity index (χ0v) is 13.2. The second kappa shape index (κ2) is 7.71. The predicted octanol–water partition coefficient (Wildman–Crippen LogP) is 3.29. The van der Waals surface area contributed by atoms with Gasteiger partial charge in [0.2, 0.25) is 5.91 Å². The van der Waals surface area contributed by atoms with Crippen molar-refractivity contribution in [3.8, 4) is 0 Å². The maximum Gasteiger partial charge on any atom is 0.326 e. The summed E-state index contributed by atoms with van der Waals surface area (Å²) in [5.74, 6) is -0.319. The fourth-order valence-electron chi connectivity index (χ4n) is 2.42. The Morgan fingerprint density at radius 1 is 1.29 bits per heavy atom. The lowest BCUT2D eigenvalue weighted by Gasteiger charge is -2.33. The molecular formula is C15H18ClNO3S. The van der Waals surface area contributed by atoms with Gasteiger partial charge in [-0.1, -0.05) is 11.6 Å². The molecule has 0 bridgehead atoms. The van der Waals surface area contributed by atoms with E-state index < -0.39 is 12.0 Å². The zero-order chi connectivity index (χ0) is 15.2. The van der Waals surface area contributed by atoms with Gasteiger partial charge in [0, 0.05) is 28.6 Å². The van der Waals surface area contributed by atoms with E-state index in [1.807, 2.05) is 24.3 Å². The van der Waals surface area contributed by atoms with Crippen LogP contribution >= 0.6 is 23.4 Å². The minimum Gasteiger partial charge on any atom is -0.480 e. The smallest absolute Gasteiger partial charge is 0.326 e. The monoisotopic (exact) mass is 327 g/mol. The number of rotatable bonds is 5. The topological polar surface area (TPSA) is 57.6 Å². The first-order valence-electron chi connectivity index (χ1n) is 6.98. The Labute approximate surface area is 133 Å². The number of thioether (sulfide) groups is 1. The number of benzene rings is 1. The summed E-state index contributed by atoms with van der Waals surface area (Å²) in [6, 6.07) is 6.82. The Balaban J connectivity index is 1.83. The summed E-state index contributed by atoms with van der Waals surface area (Å²) in [6.07, 6.45) is 2.68. The quantitative estimate of drug-likeness (QED) is 0.843. The molecule has 1 aromatic rings. The Morgan fingerprint density at radius 2 is 2.00 bits per heavy atom. The average Bonchev–Trinajstić information content (AvgIpc) is 2.49. The van der Waals surface area contributed by atoms with E-state index in [9.17, 15) is 14.7 Å². The van der Waals surface area contributed by atoms with E-state index in [1.165, 1.54) is 4.90 Å². The van der Waals surface area contributed by atoms with Gasteiger partial charge in [-0.3, -0.25) is 4.79 Å². The highest BCUT2D eigenvalue weighted by molar-refractivity contribution is 7.99. The van der Waals surface area contributed by atoms with E-state index >= 15 is 0 Å². The van der Waals surface area contributed by atoms with Crippen molar-refractivity contribution in [1.82, 2.24) is 4.90 Å². The highest BCUT2D eigenvalue weighted by Crippen LogP contribution is 2.23. The fraction of sp³-hybridized carbons (Fsp3) is 0.467. The molecule has 6 heteroatoms. The fourth-order valence-corrected chi connectivity index (χ4v) is 3.38. The molecule has 1 unspecified atom stereocenters. The molecule has 0 saturated carbocycles. The molecule has 1 atom stereocenters. The summed E-state index contributed by atoms with van der Waals surface area (Å²) in [6.45, 7) is 0.557. The molecule has 0 spiro atoms. The number of carboxylic acid groups (broad SMARTS) is 1. The van der Waals surface area contributed by atoms with E-state index in [4.69, 9.17) is 11.6 Å². The molecular weight excluding hydrogens is 310 g/mol. The van der Waals surface area contributed by atoms with E-state index in [2.05, 4.69) is 0 Å². The van der Waals surface area contributed by atoms with Gasteiger partial charge >= 0.3 is 5.97 Å². The van der Waals surface area contributed by atoms with Crippen molar-refractivity contribution in [3.05, 3.63) is 29.3 Å². The molecule has 1 heterocycles. The van der Waals surface area contributed by atoms with Crippen molar-refractivity contribution in [2.45, 2.75) is 36.6 Å². The lowest BCUT2D eigenvalue weighted by atomic mass is 10.0. The van der Waals surface area contributed by atoms with Crippen LogP contribution in [0.5, 0.6) is 0 Å². The molecule has 1 N–H and O–H groups in total. The molecule has 1 fully saturated rings. The summed E-state index contributed by atoms with van der Waals surface area (Å²) in [4.78, 5) is 25.9. The number of halogens is 1. The third-order valence-corrected chi connectivity index (χ3v) is 4.77. The van der Waals surface area contributed by atoms with Crippen LogP contribution in [0.15, 0.2) is 29.2 Å². The van der Waals surface area contributed by atoms with Crippen molar-refractivity contribution in [2.24, 2.45) is 0 Å². The second-order valence-electron chi connectivity index (χ2n) is 4.99. The molecule has 4 nitrogen and oxygen atoms in total. The Morgan fingerprint density at radius 3 is 2.67 bits per heavy atom. The lowest BCUT2D eigenvalue weighted by molar-refractivity contribution is -0.151. The molecule has 21 heavy (non-hydrogen) atoms. The van der Waals surface area contributed by atoms with Crippen LogP contribution in [0.4, 0.5) is 0 Å². The Hall–Kier alpha value is -1.20. The van der Waals surface area contributed by atoms with Crippen LogP contribution in [0.25, 0.3) is 0 Å². The first-order valence-corrected chi connectivity index (χ1v) is 8.35.